The number of carbonyl (C=O) groups is 1. The van der Waals surface area contributed by atoms with Gasteiger partial charge in [-0.3, -0.25) is 9.69 Å². The molecule has 1 saturated heterocycles. The topological polar surface area (TPSA) is 46.3 Å². The fraction of sp³-hybridized carbons (Fsp3) is 0.500. The average Bonchev–Trinajstić information content (AvgIpc) is 2.89. The predicted octanol–water partition coefficient (Wildman–Crippen LogP) is 1.97. The van der Waals surface area contributed by atoms with Gasteiger partial charge in [0.2, 0.25) is 5.91 Å². The number of benzene rings is 1. The lowest BCUT2D eigenvalue weighted by molar-refractivity contribution is -0.132. The van der Waals surface area contributed by atoms with Gasteiger partial charge in [0.05, 0.1) is 5.92 Å². The third kappa shape index (κ3) is 2.16. The summed E-state index contributed by atoms with van der Waals surface area (Å²) in [6.45, 7) is 2.18. The Morgan fingerprint density at radius 3 is 2.47 bits per heavy atom. The largest absolute Gasteiger partial charge is 0.369 e. The van der Waals surface area contributed by atoms with E-state index in [9.17, 15) is 4.79 Å². The molecule has 0 bridgehead atoms. The quantitative estimate of drug-likeness (QED) is 0.896. The molecule has 0 aromatic heterocycles. The molecule has 2 aliphatic rings. The van der Waals surface area contributed by atoms with Crippen molar-refractivity contribution < 1.29 is 4.79 Å². The van der Waals surface area contributed by atoms with Crippen LogP contribution < -0.4 is 5.73 Å². The van der Waals surface area contributed by atoms with Crippen LogP contribution in [-0.2, 0) is 4.79 Å². The first-order valence-electron chi connectivity index (χ1n) is 7.18. The zero-order chi connectivity index (χ0) is 13.3. The zero-order valence-corrected chi connectivity index (χ0v) is 11.2. The molecule has 1 aromatic carbocycles. The molecule has 2 unspecified atom stereocenters. The first kappa shape index (κ1) is 12.7. The normalized spacial score (nSPS) is 31.1. The summed E-state index contributed by atoms with van der Waals surface area (Å²) in [5.41, 5.74) is 6.68. The van der Waals surface area contributed by atoms with Crippen LogP contribution in [0.4, 0.5) is 0 Å². The summed E-state index contributed by atoms with van der Waals surface area (Å²) in [6.07, 6.45) is 6.72. The van der Waals surface area contributed by atoms with Crippen LogP contribution in [0.1, 0.15) is 31.2 Å². The lowest BCUT2D eigenvalue weighted by Crippen LogP contribution is -2.63. The van der Waals surface area contributed by atoms with E-state index in [0.29, 0.717) is 0 Å². The van der Waals surface area contributed by atoms with Gasteiger partial charge in [-0.1, -0.05) is 30.3 Å². The number of amides is 1. The van der Waals surface area contributed by atoms with E-state index in [1.807, 2.05) is 18.2 Å². The highest BCUT2D eigenvalue weighted by molar-refractivity contribution is 5.80. The fourth-order valence-corrected chi connectivity index (χ4v) is 3.59. The molecule has 1 aliphatic heterocycles. The van der Waals surface area contributed by atoms with Crippen molar-refractivity contribution in [2.75, 3.05) is 13.1 Å². The Labute approximate surface area is 114 Å². The Bertz CT molecular complexity index is 453. The van der Waals surface area contributed by atoms with E-state index in [0.717, 1.165) is 25.9 Å². The summed E-state index contributed by atoms with van der Waals surface area (Å²) in [5, 5.41) is 0. The molecule has 2 atom stereocenters. The van der Waals surface area contributed by atoms with Crippen LogP contribution in [0.15, 0.2) is 30.3 Å². The highest BCUT2D eigenvalue weighted by Gasteiger charge is 2.53. The molecule has 1 aromatic rings. The molecule has 1 radical (unpaired) electrons. The van der Waals surface area contributed by atoms with Crippen LogP contribution in [0, 0.1) is 12.3 Å². The molecule has 1 heterocycles. The predicted molar refractivity (Wildman–Crippen MR) is 75.3 cm³/mol. The highest BCUT2D eigenvalue weighted by atomic mass is 16.1. The van der Waals surface area contributed by atoms with Gasteiger partial charge in [-0.25, -0.2) is 0 Å². The van der Waals surface area contributed by atoms with Crippen molar-refractivity contribution in [1.82, 2.24) is 4.90 Å². The number of primary amides is 1. The third-order valence-corrected chi connectivity index (χ3v) is 4.69. The monoisotopic (exact) mass is 257 g/mol. The Kier molecular flexibility index (Phi) is 3.31. The van der Waals surface area contributed by atoms with Crippen molar-refractivity contribution in [1.29, 1.82) is 0 Å². The summed E-state index contributed by atoms with van der Waals surface area (Å²) in [6, 6.07) is 10.3. The van der Waals surface area contributed by atoms with Crippen LogP contribution in [0.3, 0.4) is 0 Å². The minimum atomic E-state index is -0.148. The molecular weight excluding hydrogens is 236 g/mol. The maximum atomic E-state index is 11.7. The number of nitrogens with two attached hydrogens (primary N) is 1. The Morgan fingerprint density at radius 1 is 1.26 bits per heavy atom. The van der Waals surface area contributed by atoms with Gasteiger partial charge in [0.1, 0.15) is 0 Å². The molecule has 19 heavy (non-hydrogen) atoms. The molecule has 0 spiro atoms. The van der Waals surface area contributed by atoms with Crippen molar-refractivity contribution in [2.24, 2.45) is 11.7 Å². The van der Waals surface area contributed by atoms with Crippen molar-refractivity contribution >= 4 is 5.91 Å². The van der Waals surface area contributed by atoms with Gasteiger partial charge in [-0.2, -0.15) is 0 Å². The van der Waals surface area contributed by atoms with Crippen molar-refractivity contribution in [3.8, 4) is 0 Å². The second-order valence-electron chi connectivity index (χ2n) is 5.73. The fourth-order valence-electron chi connectivity index (χ4n) is 3.59. The summed E-state index contributed by atoms with van der Waals surface area (Å²) in [7, 11) is 0. The molecule has 1 aliphatic carbocycles. The summed E-state index contributed by atoms with van der Waals surface area (Å²) >= 11 is 0. The second-order valence-corrected chi connectivity index (χ2v) is 5.73. The third-order valence-electron chi connectivity index (χ3n) is 4.69. The van der Waals surface area contributed by atoms with Crippen LogP contribution in [0.25, 0.3) is 0 Å². The van der Waals surface area contributed by atoms with E-state index in [2.05, 4.69) is 23.5 Å². The van der Waals surface area contributed by atoms with Gasteiger partial charge in [0.15, 0.2) is 0 Å². The first-order valence-corrected chi connectivity index (χ1v) is 7.18. The maximum absolute atomic E-state index is 11.7. The molecule has 2 N–H and O–H groups in total. The summed E-state index contributed by atoms with van der Waals surface area (Å²) in [5.74, 6) is -0.170. The van der Waals surface area contributed by atoms with Crippen molar-refractivity contribution in [3.63, 3.8) is 0 Å². The van der Waals surface area contributed by atoms with Gasteiger partial charge in [0, 0.05) is 12.0 Å². The molecule has 1 saturated carbocycles. The number of carbonyl (C=O) groups excluding carboxylic acids is 1. The minimum absolute atomic E-state index is 0.0224. The summed E-state index contributed by atoms with van der Waals surface area (Å²) < 4.78 is 0. The Morgan fingerprint density at radius 2 is 1.95 bits per heavy atom. The van der Waals surface area contributed by atoms with Gasteiger partial charge in [0.25, 0.3) is 0 Å². The second kappa shape index (κ2) is 4.97. The standard InChI is InChI=1S/C16H21N2O/c17-15(19)14-8-9-16(14,18-10-4-5-11-18)12-13-6-2-1-3-7-13/h1-3,6-7,12,14H,4-5,8-11H2,(H2,17,19). The molecule has 1 amide bonds. The van der Waals surface area contributed by atoms with Gasteiger partial charge in [-0.15, -0.1) is 0 Å². The van der Waals surface area contributed by atoms with Crippen LogP contribution in [0.2, 0.25) is 0 Å². The van der Waals surface area contributed by atoms with Gasteiger partial charge >= 0.3 is 0 Å². The number of nitrogens with zero attached hydrogens (tertiary/aromatic N) is 1. The zero-order valence-electron chi connectivity index (χ0n) is 11.2. The lowest BCUT2D eigenvalue weighted by Gasteiger charge is -2.54. The van der Waals surface area contributed by atoms with Gasteiger partial charge in [-0.05, 0) is 44.3 Å². The molecular formula is C16H21N2O. The number of likely N-dealkylation sites (tertiary alicyclic amines) is 1. The SMILES string of the molecule is NC(=O)C1CCC1([CH]c1ccccc1)N1CCCC1. The number of hydrogen-bond acceptors (Lipinski definition) is 2. The van der Waals surface area contributed by atoms with Crippen LogP contribution in [0.5, 0.6) is 0 Å². The first-order chi connectivity index (χ1) is 9.22. The van der Waals surface area contributed by atoms with Crippen molar-refractivity contribution in [3.05, 3.63) is 42.3 Å². The van der Waals surface area contributed by atoms with E-state index >= 15 is 0 Å². The van der Waals surface area contributed by atoms with E-state index in [1.165, 1.54) is 18.4 Å². The molecule has 3 rings (SSSR count). The lowest BCUT2D eigenvalue weighted by atomic mass is 9.62. The van der Waals surface area contributed by atoms with E-state index in [1.54, 1.807) is 0 Å². The van der Waals surface area contributed by atoms with Gasteiger partial charge < -0.3 is 5.73 Å². The Balaban J connectivity index is 1.86. The van der Waals surface area contributed by atoms with Crippen molar-refractivity contribution in [2.45, 2.75) is 31.2 Å². The van der Waals surface area contributed by atoms with E-state index in [4.69, 9.17) is 5.73 Å². The molecule has 3 heteroatoms. The van der Waals surface area contributed by atoms with Crippen LogP contribution in [-0.4, -0.2) is 29.4 Å². The smallest absolute Gasteiger partial charge is 0.222 e. The molecule has 2 fully saturated rings. The minimum Gasteiger partial charge on any atom is -0.369 e. The van der Waals surface area contributed by atoms with E-state index < -0.39 is 0 Å². The number of rotatable bonds is 4. The van der Waals surface area contributed by atoms with Crippen LogP contribution >= 0.6 is 0 Å². The summed E-state index contributed by atoms with van der Waals surface area (Å²) in [4.78, 5) is 14.2. The molecule has 101 valence electrons. The Hall–Kier alpha value is -1.35. The molecule has 3 nitrogen and oxygen atoms in total. The average molecular weight is 257 g/mol. The highest BCUT2D eigenvalue weighted by Crippen LogP contribution is 2.48. The number of hydrogen-bond donors (Lipinski definition) is 1. The maximum Gasteiger partial charge on any atom is 0.222 e. The van der Waals surface area contributed by atoms with E-state index in [-0.39, 0.29) is 17.4 Å².